The molecule has 2 heteroatoms. The number of hydrogen-bond donors (Lipinski definition) is 0. The fourth-order valence-electron chi connectivity index (χ4n) is 2.16. The highest BCUT2D eigenvalue weighted by atomic mass is 16.5. The topological polar surface area (TPSA) is 22.4 Å². The van der Waals surface area contributed by atoms with Crippen LogP contribution in [0.15, 0.2) is 52.9 Å². The van der Waals surface area contributed by atoms with E-state index in [-0.39, 0.29) is 0 Å². The molecule has 0 unspecified atom stereocenters. The van der Waals surface area contributed by atoms with Crippen LogP contribution in [0.1, 0.15) is 16.9 Å². The van der Waals surface area contributed by atoms with Gasteiger partial charge in [-0.2, -0.15) is 0 Å². The highest BCUT2D eigenvalue weighted by molar-refractivity contribution is 5.78. The third-order valence-electron chi connectivity index (χ3n) is 3.19. The molecule has 0 aliphatic heterocycles. The van der Waals surface area contributed by atoms with E-state index in [9.17, 15) is 0 Å². The van der Waals surface area contributed by atoms with Gasteiger partial charge in [-0.3, -0.25) is 0 Å². The maximum atomic E-state index is 5.79. The fourth-order valence-corrected chi connectivity index (χ4v) is 2.16. The summed E-state index contributed by atoms with van der Waals surface area (Å²) in [7, 11) is 0. The molecule has 0 atom stereocenters. The Labute approximate surface area is 112 Å². The molecule has 0 fully saturated rings. The van der Waals surface area contributed by atoms with Crippen molar-refractivity contribution in [2.45, 2.75) is 20.5 Å². The molecule has 2 nitrogen and oxygen atoms in total. The smallest absolute Gasteiger partial charge is 0.146 e. The van der Waals surface area contributed by atoms with Crippen molar-refractivity contribution >= 4 is 11.0 Å². The van der Waals surface area contributed by atoms with Crippen LogP contribution in [-0.4, -0.2) is 0 Å². The van der Waals surface area contributed by atoms with Gasteiger partial charge in [0.25, 0.3) is 0 Å². The molecule has 19 heavy (non-hydrogen) atoms. The molecule has 96 valence electrons. The standard InChI is InChI=1S/C17H16O2/c1-12-7-8-17-14(9-12)10-15(19-17)11-18-16-6-4-3-5-13(16)2/h3-10H,11H2,1-2H3. The van der Waals surface area contributed by atoms with Gasteiger partial charge in [0.15, 0.2) is 0 Å². The number of para-hydroxylation sites is 1. The van der Waals surface area contributed by atoms with E-state index in [1.54, 1.807) is 0 Å². The summed E-state index contributed by atoms with van der Waals surface area (Å²) in [4.78, 5) is 0. The zero-order chi connectivity index (χ0) is 13.2. The van der Waals surface area contributed by atoms with Crippen LogP contribution < -0.4 is 4.74 Å². The van der Waals surface area contributed by atoms with Crippen molar-refractivity contribution in [2.24, 2.45) is 0 Å². The number of rotatable bonds is 3. The molecule has 0 saturated heterocycles. The lowest BCUT2D eigenvalue weighted by Gasteiger charge is -2.06. The van der Waals surface area contributed by atoms with Crippen LogP contribution in [0.4, 0.5) is 0 Å². The van der Waals surface area contributed by atoms with Gasteiger partial charge in [0, 0.05) is 5.39 Å². The summed E-state index contributed by atoms with van der Waals surface area (Å²) in [5.74, 6) is 1.75. The van der Waals surface area contributed by atoms with Gasteiger partial charge in [-0.05, 0) is 43.7 Å². The summed E-state index contributed by atoms with van der Waals surface area (Å²) >= 11 is 0. The summed E-state index contributed by atoms with van der Waals surface area (Å²) in [6.45, 7) is 4.58. The van der Waals surface area contributed by atoms with Crippen molar-refractivity contribution in [3.05, 3.63) is 65.4 Å². The predicted molar refractivity (Wildman–Crippen MR) is 76.5 cm³/mol. The first-order valence-corrected chi connectivity index (χ1v) is 6.40. The number of ether oxygens (including phenoxy) is 1. The minimum Gasteiger partial charge on any atom is -0.485 e. The average Bonchev–Trinajstić information content (AvgIpc) is 2.79. The lowest BCUT2D eigenvalue weighted by molar-refractivity contribution is 0.273. The third kappa shape index (κ3) is 2.48. The highest BCUT2D eigenvalue weighted by Gasteiger charge is 2.05. The van der Waals surface area contributed by atoms with Gasteiger partial charge >= 0.3 is 0 Å². The zero-order valence-electron chi connectivity index (χ0n) is 11.1. The Balaban J connectivity index is 1.80. The molecule has 1 aromatic heterocycles. The van der Waals surface area contributed by atoms with E-state index in [1.165, 1.54) is 5.56 Å². The molecule has 0 radical (unpaired) electrons. The van der Waals surface area contributed by atoms with E-state index in [2.05, 4.69) is 19.1 Å². The Bertz CT molecular complexity index is 710. The van der Waals surface area contributed by atoms with Gasteiger partial charge in [-0.1, -0.05) is 29.8 Å². The first kappa shape index (κ1) is 11.8. The van der Waals surface area contributed by atoms with Crippen molar-refractivity contribution in [1.29, 1.82) is 0 Å². The number of aryl methyl sites for hydroxylation is 2. The first-order valence-electron chi connectivity index (χ1n) is 6.40. The molecular formula is C17H16O2. The van der Waals surface area contributed by atoms with Gasteiger partial charge in [0.05, 0.1) is 0 Å². The minimum atomic E-state index is 0.457. The number of benzene rings is 2. The van der Waals surface area contributed by atoms with E-state index >= 15 is 0 Å². The van der Waals surface area contributed by atoms with Crippen LogP contribution >= 0.6 is 0 Å². The molecule has 3 aromatic rings. The number of fused-ring (bicyclic) bond motifs is 1. The summed E-state index contributed by atoms with van der Waals surface area (Å²) in [5, 5.41) is 1.13. The van der Waals surface area contributed by atoms with Crippen molar-refractivity contribution in [1.82, 2.24) is 0 Å². The van der Waals surface area contributed by atoms with Crippen molar-refractivity contribution in [3.63, 3.8) is 0 Å². The van der Waals surface area contributed by atoms with Crippen molar-refractivity contribution in [2.75, 3.05) is 0 Å². The predicted octanol–water partition coefficient (Wildman–Crippen LogP) is 4.63. The van der Waals surface area contributed by atoms with E-state index in [0.717, 1.165) is 28.0 Å². The van der Waals surface area contributed by atoms with Gasteiger partial charge < -0.3 is 9.15 Å². The van der Waals surface area contributed by atoms with Crippen LogP contribution in [0.25, 0.3) is 11.0 Å². The third-order valence-corrected chi connectivity index (χ3v) is 3.19. The number of hydrogen-bond acceptors (Lipinski definition) is 2. The van der Waals surface area contributed by atoms with Crippen molar-refractivity contribution < 1.29 is 9.15 Å². The Morgan fingerprint density at radius 2 is 1.84 bits per heavy atom. The Hall–Kier alpha value is -2.22. The molecule has 1 heterocycles. The normalized spacial score (nSPS) is 10.8. The van der Waals surface area contributed by atoms with Gasteiger partial charge in [-0.15, -0.1) is 0 Å². The van der Waals surface area contributed by atoms with Crippen molar-refractivity contribution in [3.8, 4) is 5.75 Å². The van der Waals surface area contributed by atoms with Crippen LogP contribution in [0.5, 0.6) is 5.75 Å². The van der Waals surface area contributed by atoms with E-state index in [4.69, 9.17) is 9.15 Å². The second-order valence-electron chi connectivity index (χ2n) is 4.81. The Morgan fingerprint density at radius 3 is 2.68 bits per heavy atom. The molecule has 0 aliphatic carbocycles. The minimum absolute atomic E-state index is 0.457. The Kier molecular flexibility index (Phi) is 3.00. The lowest BCUT2D eigenvalue weighted by atomic mass is 10.2. The van der Waals surface area contributed by atoms with Crippen LogP contribution in [0.2, 0.25) is 0 Å². The van der Waals surface area contributed by atoms with Crippen LogP contribution in [0.3, 0.4) is 0 Å². The first-order chi connectivity index (χ1) is 9.22. The molecule has 0 amide bonds. The van der Waals surface area contributed by atoms with Gasteiger partial charge in [0.2, 0.25) is 0 Å². The molecular weight excluding hydrogens is 236 g/mol. The van der Waals surface area contributed by atoms with Gasteiger partial charge in [-0.25, -0.2) is 0 Å². The van der Waals surface area contributed by atoms with Gasteiger partial charge in [0.1, 0.15) is 23.7 Å². The Morgan fingerprint density at radius 1 is 1.00 bits per heavy atom. The average molecular weight is 252 g/mol. The van der Waals surface area contributed by atoms with Crippen LogP contribution in [0, 0.1) is 13.8 Å². The lowest BCUT2D eigenvalue weighted by Crippen LogP contribution is -1.95. The van der Waals surface area contributed by atoms with Crippen LogP contribution in [-0.2, 0) is 6.61 Å². The zero-order valence-corrected chi connectivity index (χ0v) is 11.1. The SMILES string of the molecule is Cc1ccc2oc(COc3ccccc3C)cc2c1. The molecule has 0 spiro atoms. The quantitative estimate of drug-likeness (QED) is 0.678. The largest absolute Gasteiger partial charge is 0.485 e. The number of furan rings is 1. The molecule has 0 N–H and O–H groups in total. The molecule has 0 bridgehead atoms. The molecule has 0 aliphatic rings. The summed E-state index contributed by atoms with van der Waals surface area (Å²) in [6, 6.07) is 16.2. The summed E-state index contributed by atoms with van der Waals surface area (Å²) in [6.07, 6.45) is 0. The second-order valence-corrected chi connectivity index (χ2v) is 4.81. The summed E-state index contributed by atoms with van der Waals surface area (Å²) in [5.41, 5.74) is 3.28. The maximum absolute atomic E-state index is 5.79. The highest BCUT2D eigenvalue weighted by Crippen LogP contribution is 2.23. The van der Waals surface area contributed by atoms with E-state index in [1.807, 2.05) is 43.3 Å². The fraction of sp³-hybridized carbons (Fsp3) is 0.176. The maximum Gasteiger partial charge on any atom is 0.146 e. The molecule has 2 aromatic carbocycles. The monoisotopic (exact) mass is 252 g/mol. The molecule has 0 saturated carbocycles. The summed E-state index contributed by atoms with van der Waals surface area (Å²) < 4.78 is 11.5. The second kappa shape index (κ2) is 4.81. The van der Waals surface area contributed by atoms with E-state index < -0.39 is 0 Å². The molecule has 3 rings (SSSR count). The van der Waals surface area contributed by atoms with E-state index in [0.29, 0.717) is 6.61 Å².